The van der Waals surface area contributed by atoms with Gasteiger partial charge in [-0.3, -0.25) is 4.79 Å². The molecule has 0 aromatic carbocycles. The Morgan fingerprint density at radius 2 is 1.74 bits per heavy atom. The van der Waals surface area contributed by atoms with Crippen LogP contribution in [0.5, 0.6) is 0 Å². The summed E-state index contributed by atoms with van der Waals surface area (Å²) >= 11 is 0. The zero-order chi connectivity index (χ0) is 18.9. The Labute approximate surface area is 160 Å². The van der Waals surface area contributed by atoms with Crippen LogP contribution in [-0.2, 0) is 9.47 Å². The lowest BCUT2D eigenvalue weighted by molar-refractivity contribution is -0.181. The summed E-state index contributed by atoms with van der Waals surface area (Å²) in [7, 11) is 0. The van der Waals surface area contributed by atoms with Gasteiger partial charge in [0.2, 0.25) is 5.95 Å². The van der Waals surface area contributed by atoms with Gasteiger partial charge in [0.05, 0.1) is 13.2 Å². The highest BCUT2D eigenvalue weighted by molar-refractivity contribution is 5.92. The first kappa shape index (κ1) is 18.6. The molecule has 8 heteroatoms. The molecule has 1 aromatic rings. The van der Waals surface area contributed by atoms with Crippen LogP contribution in [-0.4, -0.2) is 90.5 Å². The highest BCUT2D eigenvalue weighted by Gasteiger charge is 2.41. The smallest absolute Gasteiger partial charge is 0.272 e. The summed E-state index contributed by atoms with van der Waals surface area (Å²) < 4.78 is 11.5. The number of aromatic nitrogens is 2. The van der Waals surface area contributed by atoms with E-state index in [-0.39, 0.29) is 5.91 Å². The van der Waals surface area contributed by atoms with Gasteiger partial charge in [0.25, 0.3) is 5.91 Å². The molecule has 0 bridgehead atoms. The molecule has 1 aromatic heterocycles. The van der Waals surface area contributed by atoms with E-state index in [0.29, 0.717) is 50.8 Å². The number of rotatable bonds is 3. The number of nitrogens with zero attached hydrogens (tertiary/aromatic N) is 5. The van der Waals surface area contributed by atoms with Crippen LogP contribution < -0.4 is 4.90 Å². The van der Waals surface area contributed by atoms with E-state index in [1.807, 2.05) is 11.8 Å². The van der Waals surface area contributed by atoms with Gasteiger partial charge in [-0.25, -0.2) is 9.97 Å². The molecule has 4 heterocycles. The fourth-order valence-electron chi connectivity index (χ4n) is 4.07. The van der Waals surface area contributed by atoms with Crippen LogP contribution in [0.15, 0.2) is 6.07 Å². The van der Waals surface area contributed by atoms with Gasteiger partial charge >= 0.3 is 0 Å². The maximum atomic E-state index is 13.0. The molecule has 0 radical (unpaired) electrons. The fraction of sp³-hybridized carbons (Fsp3) is 0.737. The number of piperidine rings is 1. The quantitative estimate of drug-likeness (QED) is 0.777. The first-order valence-corrected chi connectivity index (χ1v) is 9.99. The topological polar surface area (TPSA) is 71.0 Å². The van der Waals surface area contributed by atoms with Gasteiger partial charge < -0.3 is 24.2 Å². The number of hydrogen-bond donors (Lipinski definition) is 0. The van der Waals surface area contributed by atoms with Crippen LogP contribution in [0.4, 0.5) is 5.95 Å². The van der Waals surface area contributed by atoms with E-state index in [1.165, 1.54) is 0 Å². The van der Waals surface area contributed by atoms with Crippen molar-refractivity contribution in [3.63, 3.8) is 0 Å². The predicted molar refractivity (Wildman–Crippen MR) is 101 cm³/mol. The molecule has 0 unspecified atom stereocenters. The lowest BCUT2D eigenvalue weighted by Crippen LogP contribution is -2.48. The van der Waals surface area contributed by atoms with Gasteiger partial charge in [-0.2, -0.15) is 0 Å². The molecule has 0 aliphatic carbocycles. The van der Waals surface area contributed by atoms with Gasteiger partial charge in [-0.15, -0.1) is 0 Å². The third kappa shape index (κ3) is 3.93. The third-order valence-electron chi connectivity index (χ3n) is 5.79. The average molecular weight is 375 g/mol. The van der Waals surface area contributed by atoms with Crippen molar-refractivity contribution in [2.45, 2.75) is 32.5 Å². The summed E-state index contributed by atoms with van der Waals surface area (Å²) in [5.74, 6) is 0.175. The summed E-state index contributed by atoms with van der Waals surface area (Å²) in [6, 6.07) is 1.79. The SMILES string of the molecule is CCN1CCN(c2nc(C)cc(C(=O)N3CCC4(CC3)OCCO4)n2)CC1. The summed E-state index contributed by atoms with van der Waals surface area (Å²) in [6.45, 7) is 11.5. The number of piperazine rings is 1. The van der Waals surface area contributed by atoms with Crippen LogP contribution in [0, 0.1) is 6.92 Å². The molecular formula is C19H29N5O3. The monoisotopic (exact) mass is 375 g/mol. The molecule has 1 spiro atoms. The molecule has 0 N–H and O–H groups in total. The number of aryl methyl sites for hydroxylation is 1. The number of likely N-dealkylation sites (tertiary alicyclic amines) is 1. The Hall–Kier alpha value is -1.77. The molecule has 3 saturated heterocycles. The van der Waals surface area contributed by atoms with E-state index in [9.17, 15) is 4.79 Å². The number of carbonyl (C=O) groups excluding carboxylic acids is 1. The van der Waals surface area contributed by atoms with E-state index in [4.69, 9.17) is 9.47 Å². The van der Waals surface area contributed by atoms with Gasteiger partial charge in [0.1, 0.15) is 5.69 Å². The molecule has 3 aliphatic rings. The highest BCUT2D eigenvalue weighted by Crippen LogP contribution is 2.31. The van der Waals surface area contributed by atoms with Gasteiger partial charge in [0.15, 0.2) is 5.79 Å². The van der Waals surface area contributed by atoms with Crippen molar-refractivity contribution in [1.82, 2.24) is 19.8 Å². The van der Waals surface area contributed by atoms with E-state index in [0.717, 1.165) is 38.4 Å². The highest BCUT2D eigenvalue weighted by atomic mass is 16.7. The minimum absolute atomic E-state index is 0.0261. The Morgan fingerprint density at radius 3 is 2.37 bits per heavy atom. The van der Waals surface area contributed by atoms with E-state index in [2.05, 4.69) is 26.7 Å². The lowest BCUT2D eigenvalue weighted by Gasteiger charge is -2.37. The van der Waals surface area contributed by atoms with Crippen molar-refractivity contribution in [2.24, 2.45) is 0 Å². The first-order chi connectivity index (χ1) is 13.1. The average Bonchev–Trinajstić information content (AvgIpc) is 3.15. The molecule has 3 aliphatic heterocycles. The molecule has 8 nitrogen and oxygen atoms in total. The van der Waals surface area contributed by atoms with Crippen LogP contribution >= 0.6 is 0 Å². The van der Waals surface area contributed by atoms with Crippen LogP contribution in [0.3, 0.4) is 0 Å². The Morgan fingerprint density at radius 1 is 1.07 bits per heavy atom. The van der Waals surface area contributed by atoms with Crippen LogP contribution in [0.25, 0.3) is 0 Å². The minimum Gasteiger partial charge on any atom is -0.347 e. The maximum Gasteiger partial charge on any atom is 0.272 e. The summed E-state index contributed by atoms with van der Waals surface area (Å²) in [5, 5.41) is 0. The Bertz CT molecular complexity index is 674. The molecule has 0 saturated carbocycles. The standard InChI is InChI=1S/C19H29N5O3/c1-3-22-8-10-24(11-9-22)18-20-15(2)14-16(21-18)17(25)23-6-4-19(5-7-23)26-12-13-27-19/h14H,3-13H2,1-2H3. The summed E-state index contributed by atoms with van der Waals surface area (Å²) in [4.78, 5) is 28.7. The largest absolute Gasteiger partial charge is 0.347 e. The lowest BCUT2D eigenvalue weighted by atomic mass is 10.0. The second-order valence-electron chi connectivity index (χ2n) is 7.52. The second-order valence-corrected chi connectivity index (χ2v) is 7.52. The van der Waals surface area contributed by atoms with Gasteiger partial charge in [-0.1, -0.05) is 6.92 Å². The van der Waals surface area contributed by atoms with Gasteiger partial charge in [-0.05, 0) is 19.5 Å². The van der Waals surface area contributed by atoms with Crippen molar-refractivity contribution < 1.29 is 14.3 Å². The summed E-state index contributed by atoms with van der Waals surface area (Å²) in [5.41, 5.74) is 1.32. The fourth-order valence-corrected chi connectivity index (χ4v) is 4.07. The first-order valence-electron chi connectivity index (χ1n) is 9.99. The molecular weight excluding hydrogens is 346 g/mol. The Balaban J connectivity index is 1.44. The molecule has 4 rings (SSSR count). The maximum absolute atomic E-state index is 13.0. The van der Waals surface area contributed by atoms with Gasteiger partial charge in [0, 0.05) is 57.8 Å². The molecule has 1 amide bonds. The van der Waals surface area contributed by atoms with Crippen molar-refractivity contribution in [3.8, 4) is 0 Å². The minimum atomic E-state index is -0.470. The number of likely N-dealkylation sites (N-methyl/N-ethyl adjacent to an activating group) is 1. The van der Waals surface area contributed by atoms with E-state index >= 15 is 0 Å². The number of carbonyl (C=O) groups is 1. The van der Waals surface area contributed by atoms with Crippen molar-refractivity contribution >= 4 is 11.9 Å². The molecule has 27 heavy (non-hydrogen) atoms. The molecule has 148 valence electrons. The third-order valence-corrected chi connectivity index (χ3v) is 5.79. The van der Waals surface area contributed by atoms with Crippen LogP contribution in [0.1, 0.15) is 35.9 Å². The van der Waals surface area contributed by atoms with E-state index in [1.54, 1.807) is 6.07 Å². The molecule has 0 atom stereocenters. The number of hydrogen-bond acceptors (Lipinski definition) is 7. The van der Waals surface area contributed by atoms with Crippen LogP contribution in [0.2, 0.25) is 0 Å². The van der Waals surface area contributed by atoms with Crippen molar-refractivity contribution in [1.29, 1.82) is 0 Å². The van der Waals surface area contributed by atoms with Crippen molar-refractivity contribution in [2.75, 3.05) is 63.9 Å². The Kier molecular flexibility index (Phi) is 5.29. The number of ether oxygens (including phenoxy) is 2. The predicted octanol–water partition coefficient (Wildman–Crippen LogP) is 0.906. The zero-order valence-corrected chi connectivity index (χ0v) is 16.3. The second kappa shape index (κ2) is 7.69. The van der Waals surface area contributed by atoms with E-state index < -0.39 is 5.79 Å². The number of amides is 1. The summed E-state index contributed by atoms with van der Waals surface area (Å²) in [6.07, 6.45) is 1.43. The molecule has 3 fully saturated rings. The zero-order valence-electron chi connectivity index (χ0n) is 16.3. The van der Waals surface area contributed by atoms with Crippen molar-refractivity contribution in [3.05, 3.63) is 17.5 Å². The number of anilines is 1. The normalized spacial score (nSPS) is 23.2.